The zero-order valence-electron chi connectivity index (χ0n) is 33.7. The number of fused-ring (bicyclic) bond motifs is 6. The molecule has 2 heterocycles. The number of benzene rings is 8. The van der Waals surface area contributed by atoms with Crippen LogP contribution in [-0.4, -0.2) is 9.13 Å². The summed E-state index contributed by atoms with van der Waals surface area (Å²) in [7, 11) is 0. The van der Waals surface area contributed by atoms with E-state index in [1.165, 1.54) is 33.4 Å². The van der Waals surface area contributed by atoms with Crippen molar-refractivity contribution in [2.75, 3.05) is 0 Å². The number of nitrogens with zero attached hydrogens (tertiary/aromatic N) is 4. The van der Waals surface area contributed by atoms with Gasteiger partial charge in [-0.1, -0.05) is 102 Å². The van der Waals surface area contributed by atoms with Crippen molar-refractivity contribution in [3.63, 3.8) is 0 Å². The van der Waals surface area contributed by atoms with Crippen LogP contribution < -0.4 is 0 Å². The molecule has 0 N–H and O–H groups in total. The zero-order chi connectivity index (χ0) is 40.5. The molecule has 0 amide bonds. The van der Waals surface area contributed by atoms with Crippen LogP contribution in [0.15, 0.2) is 152 Å². The fraction of sp³-hybridized carbons (Fsp3) is 0.0909. The first kappa shape index (κ1) is 35.7. The van der Waals surface area contributed by atoms with Gasteiger partial charge in [0.1, 0.15) is 11.6 Å². The Labute approximate surface area is 344 Å². The molecule has 2 aromatic heterocycles. The van der Waals surface area contributed by atoms with Crippen molar-refractivity contribution in [1.29, 1.82) is 10.5 Å². The summed E-state index contributed by atoms with van der Waals surface area (Å²) in [4.78, 5) is 0. The van der Waals surface area contributed by atoms with E-state index in [9.17, 15) is 10.5 Å². The van der Waals surface area contributed by atoms with Gasteiger partial charge in [0, 0.05) is 21.5 Å². The topological polar surface area (TPSA) is 57.4 Å². The van der Waals surface area contributed by atoms with Crippen molar-refractivity contribution >= 4 is 43.6 Å². The molecule has 10 aromatic rings. The molecule has 0 aliphatic heterocycles. The predicted octanol–water partition coefficient (Wildman–Crippen LogP) is 14.2. The van der Waals surface area contributed by atoms with Gasteiger partial charge in [0.25, 0.3) is 0 Å². The first-order valence-electron chi connectivity index (χ1n) is 20.0. The molecule has 0 unspecified atom stereocenters. The van der Waals surface area contributed by atoms with E-state index in [4.69, 9.17) is 0 Å². The Hall–Kier alpha value is -7.66. The molecule has 59 heavy (non-hydrogen) atoms. The van der Waals surface area contributed by atoms with Gasteiger partial charge in [0.05, 0.1) is 45.1 Å². The SMILES string of the molecule is Cc1cc(C#N)cc(-c2cc(-n3c4ccccc4c4cc(-c5ccc(C)cc5C)ccc43)c(C#N)c(-n3c4ccccc4c4cc(-c5ccc(C)cc5C)ccc43)c2)c1. The van der Waals surface area contributed by atoms with Gasteiger partial charge in [-0.3, -0.25) is 0 Å². The third-order valence-electron chi connectivity index (χ3n) is 12.0. The molecule has 8 aromatic carbocycles. The quantitative estimate of drug-likeness (QED) is 0.176. The highest BCUT2D eigenvalue weighted by atomic mass is 15.0. The van der Waals surface area contributed by atoms with Crippen LogP contribution in [0.5, 0.6) is 0 Å². The largest absolute Gasteiger partial charge is 0.308 e. The zero-order valence-corrected chi connectivity index (χ0v) is 33.7. The lowest BCUT2D eigenvalue weighted by molar-refractivity contribution is 1.12. The molecule has 0 aliphatic rings. The Bertz CT molecular complexity index is 3280. The first-order valence-corrected chi connectivity index (χ1v) is 20.0. The molecule has 280 valence electrons. The standard InChI is InChI=1S/C55H40N4/c1-33-14-18-43(36(4)22-33)39-16-20-52-47(27-39)45-10-6-8-12-50(45)58(52)54-29-42(41-25-35(3)24-38(26-41)31-56)30-55(49(54)32-57)59-51-13-9-7-11-46(51)48-28-40(17-21-53(48)59)44-19-15-34(2)23-37(44)5/h6-30H,1-5H3. The molecule has 0 saturated heterocycles. The normalized spacial score (nSPS) is 11.4. The van der Waals surface area contributed by atoms with Gasteiger partial charge in [-0.15, -0.1) is 0 Å². The van der Waals surface area contributed by atoms with Gasteiger partial charge < -0.3 is 9.13 Å². The third-order valence-corrected chi connectivity index (χ3v) is 12.0. The molecular weight excluding hydrogens is 717 g/mol. The van der Waals surface area contributed by atoms with Gasteiger partial charge in [-0.05, 0) is 145 Å². The van der Waals surface area contributed by atoms with E-state index in [1.807, 2.05) is 19.1 Å². The lowest BCUT2D eigenvalue weighted by Gasteiger charge is -2.19. The van der Waals surface area contributed by atoms with Crippen LogP contribution in [0.4, 0.5) is 0 Å². The second-order valence-corrected chi connectivity index (χ2v) is 16.0. The van der Waals surface area contributed by atoms with Crippen LogP contribution >= 0.6 is 0 Å². The lowest BCUT2D eigenvalue weighted by atomic mass is 9.96. The monoisotopic (exact) mass is 756 g/mol. The number of aryl methyl sites for hydroxylation is 5. The summed E-state index contributed by atoms with van der Waals surface area (Å²) in [6.45, 7) is 10.6. The van der Waals surface area contributed by atoms with Crippen molar-refractivity contribution < 1.29 is 0 Å². The Morgan fingerprint density at radius 2 is 0.847 bits per heavy atom. The van der Waals surface area contributed by atoms with Gasteiger partial charge in [0.2, 0.25) is 0 Å². The summed E-state index contributed by atoms with van der Waals surface area (Å²) in [6, 6.07) is 58.9. The minimum Gasteiger partial charge on any atom is -0.308 e. The number of para-hydroxylation sites is 2. The van der Waals surface area contributed by atoms with Crippen LogP contribution in [0.2, 0.25) is 0 Å². The maximum atomic E-state index is 11.4. The van der Waals surface area contributed by atoms with E-state index in [0.717, 1.165) is 82.8 Å². The van der Waals surface area contributed by atoms with E-state index in [0.29, 0.717) is 11.1 Å². The molecule has 0 saturated carbocycles. The summed E-state index contributed by atoms with van der Waals surface area (Å²) >= 11 is 0. The lowest BCUT2D eigenvalue weighted by Crippen LogP contribution is -2.05. The number of nitriles is 2. The molecule has 10 rings (SSSR count). The van der Waals surface area contributed by atoms with Crippen LogP contribution in [0.3, 0.4) is 0 Å². The Morgan fingerprint density at radius 3 is 1.32 bits per heavy atom. The highest BCUT2D eigenvalue weighted by Gasteiger charge is 2.23. The highest BCUT2D eigenvalue weighted by Crippen LogP contribution is 2.42. The van der Waals surface area contributed by atoms with Crippen molar-refractivity contribution in [2.45, 2.75) is 34.6 Å². The van der Waals surface area contributed by atoms with Crippen molar-refractivity contribution in [1.82, 2.24) is 9.13 Å². The molecule has 4 heteroatoms. The first-order chi connectivity index (χ1) is 28.7. The molecule has 4 nitrogen and oxygen atoms in total. The molecule has 0 spiro atoms. The predicted molar refractivity (Wildman–Crippen MR) is 245 cm³/mol. The van der Waals surface area contributed by atoms with Gasteiger partial charge in [-0.25, -0.2) is 0 Å². The fourth-order valence-electron chi connectivity index (χ4n) is 9.33. The highest BCUT2D eigenvalue weighted by molar-refractivity contribution is 6.12. The summed E-state index contributed by atoms with van der Waals surface area (Å²) in [5.74, 6) is 0. The van der Waals surface area contributed by atoms with Crippen molar-refractivity contribution in [3.8, 4) is 56.9 Å². The molecule has 0 fully saturated rings. The summed E-state index contributed by atoms with van der Waals surface area (Å²) < 4.78 is 4.52. The average molecular weight is 757 g/mol. The molecule has 0 atom stereocenters. The van der Waals surface area contributed by atoms with Gasteiger partial charge in [0.15, 0.2) is 0 Å². The Kier molecular flexibility index (Phi) is 8.34. The summed E-state index contributed by atoms with van der Waals surface area (Å²) in [5.41, 5.74) is 19.3. The number of hydrogen-bond acceptors (Lipinski definition) is 2. The molecule has 0 radical (unpaired) electrons. The second-order valence-electron chi connectivity index (χ2n) is 16.0. The van der Waals surface area contributed by atoms with E-state index in [1.54, 1.807) is 0 Å². The van der Waals surface area contributed by atoms with E-state index in [2.05, 4.69) is 188 Å². The minimum atomic E-state index is 0.559. The molecule has 0 aliphatic carbocycles. The maximum Gasteiger partial charge on any atom is 0.104 e. The molecular formula is C55H40N4. The van der Waals surface area contributed by atoms with Crippen molar-refractivity contribution in [2.24, 2.45) is 0 Å². The summed E-state index contributed by atoms with van der Waals surface area (Å²) in [5, 5.41) is 26.0. The number of aromatic nitrogens is 2. The second kappa shape index (κ2) is 13.8. The smallest absolute Gasteiger partial charge is 0.104 e. The number of rotatable bonds is 5. The van der Waals surface area contributed by atoms with Gasteiger partial charge >= 0.3 is 0 Å². The van der Waals surface area contributed by atoms with Crippen LogP contribution in [0, 0.1) is 57.3 Å². The van der Waals surface area contributed by atoms with Gasteiger partial charge in [-0.2, -0.15) is 10.5 Å². The minimum absolute atomic E-state index is 0.559. The van der Waals surface area contributed by atoms with Crippen LogP contribution in [0.1, 0.15) is 38.9 Å². The van der Waals surface area contributed by atoms with Crippen LogP contribution in [0.25, 0.3) is 88.4 Å². The maximum absolute atomic E-state index is 11.4. The average Bonchev–Trinajstić information content (AvgIpc) is 3.75. The number of hydrogen-bond donors (Lipinski definition) is 0. The summed E-state index contributed by atoms with van der Waals surface area (Å²) in [6.07, 6.45) is 0. The van der Waals surface area contributed by atoms with E-state index in [-0.39, 0.29) is 0 Å². The Balaban J connectivity index is 1.30. The van der Waals surface area contributed by atoms with Crippen LogP contribution in [-0.2, 0) is 0 Å². The third kappa shape index (κ3) is 5.81. The van der Waals surface area contributed by atoms with E-state index >= 15 is 0 Å². The van der Waals surface area contributed by atoms with Crippen molar-refractivity contribution in [3.05, 3.63) is 191 Å². The molecule has 0 bridgehead atoms. The van der Waals surface area contributed by atoms with E-state index < -0.39 is 0 Å². The fourth-order valence-corrected chi connectivity index (χ4v) is 9.33. The Morgan fingerprint density at radius 1 is 0.373 bits per heavy atom.